The van der Waals surface area contributed by atoms with Gasteiger partial charge in [0.25, 0.3) is 0 Å². The lowest BCUT2D eigenvalue weighted by Gasteiger charge is -2.09. The minimum atomic E-state index is -3.19. The van der Waals surface area contributed by atoms with Gasteiger partial charge in [0.2, 0.25) is 0 Å². The van der Waals surface area contributed by atoms with E-state index in [9.17, 15) is 8.42 Å². The molecule has 1 aromatic rings. The van der Waals surface area contributed by atoms with Gasteiger partial charge in [-0.1, -0.05) is 0 Å². The summed E-state index contributed by atoms with van der Waals surface area (Å²) in [5, 5.41) is -0.414. The Labute approximate surface area is 96.3 Å². The van der Waals surface area contributed by atoms with Gasteiger partial charge in [-0.2, -0.15) is 0 Å². The smallest absolute Gasteiger partial charge is 0.180 e. The Morgan fingerprint density at radius 2 is 1.81 bits per heavy atom. The molecule has 0 saturated carbocycles. The molecule has 0 spiro atoms. The monoisotopic (exact) mass is 243 g/mol. The van der Waals surface area contributed by atoms with Crippen LogP contribution in [0.3, 0.4) is 0 Å². The van der Waals surface area contributed by atoms with Gasteiger partial charge in [0.05, 0.1) is 10.1 Å². The van der Waals surface area contributed by atoms with Crippen LogP contribution in [0.1, 0.15) is 13.8 Å². The van der Waals surface area contributed by atoms with Crippen LogP contribution in [0, 0.1) is 0 Å². The molecular formula is C11H17NO3S. The van der Waals surface area contributed by atoms with Gasteiger partial charge in [-0.05, 0) is 38.1 Å². The number of hydrogen-bond donors (Lipinski definition) is 1. The van der Waals surface area contributed by atoms with Crippen molar-refractivity contribution in [2.45, 2.75) is 24.0 Å². The summed E-state index contributed by atoms with van der Waals surface area (Å²) in [6.07, 6.45) is 0. The Morgan fingerprint density at radius 1 is 1.25 bits per heavy atom. The Kier molecular flexibility index (Phi) is 4.32. The van der Waals surface area contributed by atoms with Crippen molar-refractivity contribution in [3.05, 3.63) is 24.3 Å². The minimum Gasteiger partial charge on any atom is -0.492 e. The van der Waals surface area contributed by atoms with Crippen molar-refractivity contribution in [3.63, 3.8) is 0 Å². The number of hydrogen-bond acceptors (Lipinski definition) is 4. The van der Waals surface area contributed by atoms with Gasteiger partial charge in [-0.25, -0.2) is 8.42 Å². The Morgan fingerprint density at radius 3 is 2.25 bits per heavy atom. The molecule has 0 aliphatic carbocycles. The van der Waals surface area contributed by atoms with E-state index in [1.807, 2.05) is 0 Å². The van der Waals surface area contributed by atoms with E-state index in [1.54, 1.807) is 38.1 Å². The van der Waals surface area contributed by atoms with Crippen molar-refractivity contribution in [2.75, 3.05) is 13.2 Å². The zero-order chi connectivity index (χ0) is 12.2. The first-order valence-corrected chi connectivity index (χ1v) is 6.70. The third-order valence-electron chi connectivity index (χ3n) is 2.16. The van der Waals surface area contributed by atoms with Crippen molar-refractivity contribution in [3.8, 4) is 5.75 Å². The number of nitrogens with two attached hydrogens (primary N) is 1. The highest BCUT2D eigenvalue weighted by molar-refractivity contribution is 7.92. The summed E-state index contributed by atoms with van der Waals surface area (Å²) in [5.41, 5.74) is 5.29. The second-order valence-corrected chi connectivity index (χ2v) is 6.21. The molecule has 0 unspecified atom stereocenters. The van der Waals surface area contributed by atoms with Crippen LogP contribution in [-0.2, 0) is 9.84 Å². The fourth-order valence-electron chi connectivity index (χ4n) is 1.17. The zero-order valence-electron chi connectivity index (χ0n) is 9.51. The van der Waals surface area contributed by atoms with E-state index in [1.165, 1.54) is 0 Å². The first-order chi connectivity index (χ1) is 7.48. The molecule has 2 N–H and O–H groups in total. The normalized spacial score (nSPS) is 11.8. The summed E-state index contributed by atoms with van der Waals surface area (Å²) >= 11 is 0. The summed E-state index contributed by atoms with van der Waals surface area (Å²) in [6.45, 7) is 4.19. The molecule has 0 atom stereocenters. The van der Waals surface area contributed by atoms with Crippen molar-refractivity contribution in [2.24, 2.45) is 5.73 Å². The van der Waals surface area contributed by atoms with Crippen LogP contribution in [0.15, 0.2) is 29.2 Å². The van der Waals surface area contributed by atoms with Gasteiger partial charge in [-0.15, -0.1) is 0 Å². The van der Waals surface area contributed by atoms with E-state index in [-0.39, 0.29) is 0 Å². The third-order valence-corrected chi connectivity index (χ3v) is 4.33. The first-order valence-electron chi connectivity index (χ1n) is 5.15. The molecule has 90 valence electrons. The number of sulfone groups is 1. The Balaban J connectivity index is 2.87. The molecule has 0 aliphatic rings. The zero-order valence-corrected chi connectivity index (χ0v) is 10.3. The van der Waals surface area contributed by atoms with Gasteiger partial charge >= 0.3 is 0 Å². The molecule has 0 bridgehead atoms. The molecule has 0 aliphatic heterocycles. The maximum Gasteiger partial charge on any atom is 0.180 e. The van der Waals surface area contributed by atoms with Crippen molar-refractivity contribution >= 4 is 9.84 Å². The van der Waals surface area contributed by atoms with E-state index in [0.717, 1.165) is 0 Å². The van der Waals surface area contributed by atoms with Gasteiger partial charge < -0.3 is 10.5 Å². The summed E-state index contributed by atoms with van der Waals surface area (Å²) in [6, 6.07) is 6.40. The summed E-state index contributed by atoms with van der Waals surface area (Å²) in [4.78, 5) is 0.322. The molecular weight excluding hydrogens is 226 g/mol. The first kappa shape index (κ1) is 13.0. The molecule has 0 fully saturated rings. The molecule has 5 heteroatoms. The summed E-state index contributed by atoms with van der Waals surface area (Å²) in [5.74, 6) is 0.633. The molecule has 0 saturated heterocycles. The molecule has 1 rings (SSSR count). The molecule has 0 heterocycles. The minimum absolute atomic E-state index is 0.322. The van der Waals surface area contributed by atoms with Gasteiger partial charge in [-0.3, -0.25) is 0 Å². The predicted octanol–water partition coefficient (Wildman–Crippen LogP) is 1.21. The third kappa shape index (κ3) is 2.96. The average Bonchev–Trinajstić information content (AvgIpc) is 2.26. The van der Waals surface area contributed by atoms with E-state index in [4.69, 9.17) is 10.5 Å². The molecule has 4 nitrogen and oxygen atoms in total. The van der Waals surface area contributed by atoms with Crippen molar-refractivity contribution in [1.82, 2.24) is 0 Å². The second-order valence-electron chi connectivity index (χ2n) is 3.70. The van der Waals surface area contributed by atoms with E-state index >= 15 is 0 Å². The molecule has 0 radical (unpaired) electrons. The topological polar surface area (TPSA) is 69.4 Å². The fraction of sp³-hybridized carbons (Fsp3) is 0.455. The quantitative estimate of drug-likeness (QED) is 0.843. The average molecular weight is 243 g/mol. The van der Waals surface area contributed by atoms with Gasteiger partial charge in [0.1, 0.15) is 12.4 Å². The maximum atomic E-state index is 11.8. The molecule has 1 aromatic carbocycles. The van der Waals surface area contributed by atoms with E-state index in [0.29, 0.717) is 23.8 Å². The highest BCUT2D eigenvalue weighted by Gasteiger charge is 2.18. The van der Waals surface area contributed by atoms with Crippen LogP contribution in [0.25, 0.3) is 0 Å². The van der Waals surface area contributed by atoms with Crippen LogP contribution in [0.4, 0.5) is 0 Å². The largest absolute Gasteiger partial charge is 0.492 e. The Bertz CT molecular complexity index is 423. The van der Waals surface area contributed by atoms with Crippen molar-refractivity contribution < 1.29 is 13.2 Å². The Hall–Kier alpha value is -1.07. The highest BCUT2D eigenvalue weighted by atomic mass is 32.2. The molecule has 0 aromatic heterocycles. The number of ether oxygens (including phenoxy) is 1. The van der Waals surface area contributed by atoms with Gasteiger partial charge in [0, 0.05) is 6.54 Å². The van der Waals surface area contributed by atoms with Crippen LogP contribution < -0.4 is 10.5 Å². The summed E-state index contributed by atoms with van der Waals surface area (Å²) in [7, 11) is -3.19. The fourth-order valence-corrected chi connectivity index (χ4v) is 2.23. The van der Waals surface area contributed by atoms with Crippen LogP contribution in [0.5, 0.6) is 5.75 Å². The predicted molar refractivity (Wildman–Crippen MR) is 63.3 cm³/mol. The van der Waals surface area contributed by atoms with Crippen molar-refractivity contribution in [1.29, 1.82) is 0 Å². The molecule has 0 amide bonds. The van der Waals surface area contributed by atoms with E-state index in [2.05, 4.69) is 0 Å². The number of benzene rings is 1. The van der Waals surface area contributed by atoms with Crippen LogP contribution in [-0.4, -0.2) is 26.8 Å². The van der Waals surface area contributed by atoms with Crippen LogP contribution >= 0.6 is 0 Å². The summed E-state index contributed by atoms with van der Waals surface area (Å²) < 4.78 is 28.9. The van der Waals surface area contributed by atoms with Gasteiger partial charge in [0.15, 0.2) is 9.84 Å². The lowest BCUT2D eigenvalue weighted by molar-refractivity contribution is 0.328. The highest BCUT2D eigenvalue weighted by Crippen LogP contribution is 2.19. The second kappa shape index (κ2) is 5.32. The van der Waals surface area contributed by atoms with E-state index < -0.39 is 15.1 Å². The lowest BCUT2D eigenvalue weighted by atomic mass is 10.3. The maximum absolute atomic E-state index is 11.8. The standard InChI is InChI=1S/C11H17NO3S/c1-9(2)16(13,14)11-5-3-10(4-6-11)15-8-7-12/h3-6,9H,7-8,12H2,1-2H3. The van der Waals surface area contributed by atoms with Crippen LogP contribution in [0.2, 0.25) is 0 Å². The SMILES string of the molecule is CC(C)S(=O)(=O)c1ccc(OCCN)cc1. The number of rotatable bonds is 5. The molecule has 16 heavy (non-hydrogen) atoms. The lowest BCUT2D eigenvalue weighted by Crippen LogP contribution is -2.14.